The second-order valence-electron chi connectivity index (χ2n) is 11.9. The Morgan fingerprint density at radius 1 is 1.17 bits per heavy atom. The molecule has 172 valence electrons. The minimum absolute atomic E-state index is 0.102. The minimum Gasteiger partial charge on any atom is -0.393 e. The normalized spacial score (nSPS) is 56.3. The second-order valence-corrected chi connectivity index (χ2v) is 11.9. The maximum absolute atomic E-state index is 10.8. The summed E-state index contributed by atoms with van der Waals surface area (Å²) in [6.07, 6.45) is -1.44. The van der Waals surface area contributed by atoms with Crippen LogP contribution in [0.3, 0.4) is 0 Å². The van der Waals surface area contributed by atoms with Crippen LogP contribution in [0.2, 0.25) is 0 Å². The highest BCUT2D eigenvalue weighted by atomic mass is 16.3. The highest BCUT2D eigenvalue weighted by Gasteiger charge is 2.59. The molecule has 0 unspecified atom stereocenters. The van der Waals surface area contributed by atoms with E-state index in [1.165, 1.54) is 25.7 Å². The molecule has 1 heteroatoms. The fraction of sp³-hybridized carbons (Fsp3) is 0.931. The summed E-state index contributed by atoms with van der Waals surface area (Å²) in [5.41, 5.74) is -1.14. The summed E-state index contributed by atoms with van der Waals surface area (Å²) < 4.78 is 60.7. The Morgan fingerprint density at radius 3 is 2.63 bits per heavy atom. The van der Waals surface area contributed by atoms with E-state index in [-0.39, 0.29) is 22.8 Å². The van der Waals surface area contributed by atoms with Crippen LogP contribution in [0.1, 0.15) is 122 Å². The van der Waals surface area contributed by atoms with Crippen LogP contribution in [0.5, 0.6) is 0 Å². The molecule has 0 amide bonds. The average molecular weight is 422 g/mol. The first-order valence-electron chi connectivity index (χ1n) is 16.3. The third-order valence-electron chi connectivity index (χ3n) is 10.2. The highest BCUT2D eigenvalue weighted by Crippen LogP contribution is 2.67. The molecule has 0 aromatic heterocycles. The van der Waals surface area contributed by atoms with Crippen LogP contribution in [0.4, 0.5) is 0 Å². The average Bonchev–Trinajstić information content (AvgIpc) is 3.15. The van der Waals surface area contributed by atoms with E-state index in [2.05, 4.69) is 34.6 Å². The number of rotatable bonds is 6. The van der Waals surface area contributed by atoms with Gasteiger partial charge < -0.3 is 5.11 Å². The van der Waals surface area contributed by atoms with Crippen molar-refractivity contribution in [2.75, 3.05) is 0 Å². The molecule has 0 aliphatic heterocycles. The van der Waals surface area contributed by atoms with Crippen molar-refractivity contribution in [3.63, 3.8) is 0 Å². The van der Waals surface area contributed by atoms with Crippen LogP contribution >= 0.6 is 0 Å². The molecule has 3 fully saturated rings. The lowest BCUT2D eigenvalue weighted by Crippen LogP contribution is -2.50. The van der Waals surface area contributed by atoms with Crippen LogP contribution in [0.25, 0.3) is 0 Å². The van der Waals surface area contributed by atoms with Crippen LogP contribution in [0.15, 0.2) is 11.6 Å². The van der Waals surface area contributed by atoms with Crippen molar-refractivity contribution < 1.29 is 14.7 Å². The molecule has 4 aliphatic rings. The lowest BCUT2D eigenvalue weighted by atomic mass is 9.47. The van der Waals surface area contributed by atoms with Crippen molar-refractivity contribution in [3.8, 4) is 0 Å². The van der Waals surface area contributed by atoms with Crippen molar-refractivity contribution >= 4 is 0 Å². The van der Waals surface area contributed by atoms with E-state index in [0.29, 0.717) is 30.1 Å². The predicted octanol–water partition coefficient (Wildman–Crippen LogP) is 8.02. The zero-order valence-electron chi connectivity index (χ0n) is 27.2. The summed E-state index contributed by atoms with van der Waals surface area (Å²) in [5.74, 6) is 3.10. The summed E-state index contributed by atoms with van der Waals surface area (Å²) in [6, 6.07) is 0. The largest absolute Gasteiger partial charge is 0.393 e. The lowest BCUT2D eigenvalue weighted by Gasteiger charge is -2.58. The molecule has 30 heavy (non-hydrogen) atoms. The first-order chi connectivity index (χ1) is 16.8. The Morgan fingerprint density at radius 2 is 1.93 bits per heavy atom. The molecular weight excluding hydrogens is 364 g/mol. The monoisotopic (exact) mass is 421 g/mol. The van der Waals surface area contributed by atoms with Crippen molar-refractivity contribution in [1.82, 2.24) is 0 Å². The molecule has 9 atom stereocenters. The summed E-state index contributed by atoms with van der Waals surface area (Å²) in [6.45, 7) is 13.5. The van der Waals surface area contributed by atoms with Gasteiger partial charge in [0.2, 0.25) is 0 Å². The van der Waals surface area contributed by atoms with E-state index < -0.39 is 30.6 Å². The first kappa shape index (κ1) is 15.5. The van der Waals surface area contributed by atoms with Gasteiger partial charge in [0.1, 0.15) is 0 Å². The van der Waals surface area contributed by atoms with Gasteiger partial charge in [-0.1, -0.05) is 66.0 Å². The molecular formula is C29H50O. The van der Waals surface area contributed by atoms with Crippen molar-refractivity contribution in [2.45, 2.75) is 118 Å². The van der Waals surface area contributed by atoms with E-state index in [9.17, 15) is 5.11 Å². The highest BCUT2D eigenvalue weighted by molar-refractivity contribution is 5.25. The third kappa shape index (κ3) is 3.74. The van der Waals surface area contributed by atoms with Gasteiger partial charge in [-0.2, -0.15) is 0 Å². The Balaban J connectivity index is 1.65. The number of hydrogen-bond acceptors (Lipinski definition) is 1. The Kier molecular flexibility index (Phi) is 4.43. The fourth-order valence-electron chi connectivity index (χ4n) is 8.35. The number of aliphatic hydroxyl groups is 1. The summed E-state index contributed by atoms with van der Waals surface area (Å²) in [4.78, 5) is 0. The molecule has 0 saturated heterocycles. The quantitative estimate of drug-likeness (QED) is 0.430. The molecule has 1 nitrogen and oxygen atoms in total. The van der Waals surface area contributed by atoms with Crippen LogP contribution in [-0.4, -0.2) is 11.2 Å². The van der Waals surface area contributed by atoms with Gasteiger partial charge in [-0.25, -0.2) is 0 Å². The number of hydrogen-bond donors (Lipinski definition) is 1. The van der Waals surface area contributed by atoms with Gasteiger partial charge in [-0.15, -0.1) is 0 Å². The number of fused-ring (bicyclic) bond motifs is 5. The zero-order valence-corrected chi connectivity index (χ0v) is 20.2. The van der Waals surface area contributed by atoms with Crippen LogP contribution < -0.4 is 0 Å². The van der Waals surface area contributed by atoms with Gasteiger partial charge in [0.05, 0.1) is 7.45 Å². The molecule has 0 radical (unpaired) electrons. The standard InChI is InChI=1S/C29H50O/c1-7-21(19(2)3)9-8-20(4)25-12-13-26-24-11-10-22-18-23(30)14-16-28(22,5)27(24)15-17-29(25,26)6/h10,19-21,23-27,30H,7-9,11-18H2,1-6H3/t20-,21-,23+,24+,25-,26+,27+,28+,29-/m1/s1/i14D2,16D2,18D2,23D. The third-order valence-corrected chi connectivity index (χ3v) is 10.2. The zero-order chi connectivity index (χ0) is 28.0. The van der Waals surface area contributed by atoms with Gasteiger partial charge in [0.15, 0.2) is 0 Å². The first-order valence-corrected chi connectivity index (χ1v) is 12.8. The number of allylic oxidation sites excluding steroid dienone is 1. The molecule has 0 heterocycles. The summed E-state index contributed by atoms with van der Waals surface area (Å²) >= 11 is 0. The molecule has 0 bridgehead atoms. The van der Waals surface area contributed by atoms with E-state index in [1.807, 2.05) is 0 Å². The Hall–Kier alpha value is -0.300. The molecule has 4 aliphatic carbocycles. The van der Waals surface area contributed by atoms with Crippen molar-refractivity contribution in [1.29, 1.82) is 0 Å². The van der Waals surface area contributed by atoms with E-state index in [0.717, 1.165) is 25.2 Å². The second kappa shape index (κ2) is 8.57. The van der Waals surface area contributed by atoms with Crippen LogP contribution in [0, 0.1) is 52.3 Å². The van der Waals surface area contributed by atoms with Crippen molar-refractivity contribution in [3.05, 3.63) is 11.6 Å². The van der Waals surface area contributed by atoms with Gasteiger partial charge >= 0.3 is 0 Å². The summed E-state index contributed by atoms with van der Waals surface area (Å²) in [5, 5.41) is 10.8. The van der Waals surface area contributed by atoms with Gasteiger partial charge in [-0.3, -0.25) is 0 Å². The molecule has 0 spiro atoms. The predicted molar refractivity (Wildman–Crippen MR) is 128 cm³/mol. The van der Waals surface area contributed by atoms with Gasteiger partial charge in [0, 0.05) is 8.22 Å². The molecule has 1 N–H and O–H groups in total. The summed E-state index contributed by atoms with van der Waals surface area (Å²) in [7, 11) is 0. The maximum atomic E-state index is 10.8. The molecule has 0 aromatic rings. The van der Waals surface area contributed by atoms with Crippen molar-refractivity contribution in [2.24, 2.45) is 52.3 Å². The fourth-order valence-corrected chi connectivity index (χ4v) is 8.35. The van der Waals surface area contributed by atoms with E-state index >= 15 is 0 Å². The Labute approximate surface area is 197 Å². The van der Waals surface area contributed by atoms with Gasteiger partial charge in [-0.05, 0) is 110 Å². The smallest absolute Gasteiger partial charge is 0.0604 e. The lowest BCUT2D eigenvalue weighted by molar-refractivity contribution is -0.0575. The Bertz CT molecular complexity index is 912. The molecule has 0 aromatic carbocycles. The van der Waals surface area contributed by atoms with Gasteiger partial charge in [0.25, 0.3) is 0 Å². The molecule has 3 saturated carbocycles. The van der Waals surface area contributed by atoms with E-state index in [4.69, 9.17) is 9.60 Å². The topological polar surface area (TPSA) is 20.2 Å². The SMILES string of the molecule is [2H]C1([2H])C2=CC[C@H]3[C@@H]4CC[C@H]([C@H](C)CC[C@@H](CC)C(C)C)[C@@]4(C)CC[C@@H]3[C@@]2(C)C([2H])([2H])C([2H])([2H])[C@]1([2H])O. The van der Waals surface area contributed by atoms with E-state index in [1.54, 1.807) is 13.0 Å². The van der Waals surface area contributed by atoms with Crippen LogP contribution in [-0.2, 0) is 0 Å². The molecule has 4 rings (SSSR count). The maximum Gasteiger partial charge on any atom is 0.0604 e. The minimum atomic E-state index is -3.20.